The number of nitrogens with one attached hydrogen (secondary N) is 1. The molecule has 184 valence electrons. The number of carbonyl (C=O) groups excluding carboxylic acids is 2. The fourth-order valence-electron chi connectivity index (χ4n) is 5.71. The van der Waals surface area contributed by atoms with Gasteiger partial charge in [0, 0.05) is 30.1 Å². The highest BCUT2D eigenvalue weighted by atomic mass is 16.5. The summed E-state index contributed by atoms with van der Waals surface area (Å²) in [6.45, 7) is 0.287. The average Bonchev–Trinajstić information content (AvgIpc) is 3.56. The van der Waals surface area contributed by atoms with Gasteiger partial charge in [-0.3, -0.25) is 9.59 Å². The van der Waals surface area contributed by atoms with Crippen molar-refractivity contribution >= 4 is 11.8 Å². The molecule has 1 saturated carbocycles. The monoisotopic (exact) mass is 476 g/mol. The molecule has 1 fully saturated rings. The molecule has 0 spiro atoms. The highest BCUT2D eigenvalue weighted by Gasteiger charge is 2.50. The van der Waals surface area contributed by atoms with Gasteiger partial charge in [-0.05, 0) is 30.5 Å². The second-order valence-electron chi connectivity index (χ2n) is 9.61. The zero-order valence-electron chi connectivity index (χ0n) is 19.7. The topological polar surface area (TPSA) is 99.1 Å². The number of carbonyl (C=O) groups is 2. The van der Waals surface area contributed by atoms with Gasteiger partial charge in [-0.1, -0.05) is 61.4 Å². The third kappa shape index (κ3) is 4.58. The first-order valence-electron chi connectivity index (χ1n) is 12.5. The van der Waals surface area contributed by atoms with Crippen LogP contribution in [0.5, 0.6) is 5.75 Å². The van der Waals surface area contributed by atoms with E-state index in [-0.39, 0.29) is 30.9 Å². The molecular formula is C28H32N2O5. The molecular weight excluding hydrogens is 444 g/mol. The van der Waals surface area contributed by atoms with E-state index in [9.17, 15) is 19.8 Å². The molecule has 2 aliphatic carbocycles. The van der Waals surface area contributed by atoms with Crippen LogP contribution < -0.4 is 10.1 Å². The number of rotatable bonds is 7. The largest absolute Gasteiger partial charge is 0.486 e. The first-order valence-corrected chi connectivity index (χ1v) is 12.5. The molecule has 7 nitrogen and oxygen atoms in total. The van der Waals surface area contributed by atoms with Crippen molar-refractivity contribution in [2.24, 2.45) is 5.92 Å². The van der Waals surface area contributed by atoms with Gasteiger partial charge in [0.05, 0.1) is 18.6 Å². The van der Waals surface area contributed by atoms with E-state index in [1.54, 1.807) is 11.0 Å². The third-order valence-corrected chi connectivity index (χ3v) is 7.42. The molecule has 0 unspecified atom stereocenters. The van der Waals surface area contributed by atoms with Gasteiger partial charge in [-0.25, -0.2) is 0 Å². The lowest BCUT2D eigenvalue weighted by Gasteiger charge is -2.41. The van der Waals surface area contributed by atoms with Crippen molar-refractivity contribution in [2.75, 3.05) is 13.2 Å². The predicted molar refractivity (Wildman–Crippen MR) is 131 cm³/mol. The number of fused-ring (bicyclic) bond motifs is 3. The minimum atomic E-state index is -1.00. The average molecular weight is 477 g/mol. The van der Waals surface area contributed by atoms with Gasteiger partial charge in [0.25, 0.3) is 0 Å². The molecule has 1 heterocycles. The Morgan fingerprint density at radius 2 is 1.74 bits per heavy atom. The molecule has 2 aromatic rings. The molecule has 35 heavy (non-hydrogen) atoms. The first kappa shape index (κ1) is 23.6. The fourth-order valence-corrected chi connectivity index (χ4v) is 5.71. The van der Waals surface area contributed by atoms with Crippen LogP contribution in [0.4, 0.5) is 0 Å². The van der Waals surface area contributed by atoms with Gasteiger partial charge in [0.15, 0.2) is 0 Å². The van der Waals surface area contributed by atoms with Crippen LogP contribution in [0.3, 0.4) is 0 Å². The van der Waals surface area contributed by atoms with Gasteiger partial charge in [-0.2, -0.15) is 0 Å². The highest BCUT2D eigenvalue weighted by molar-refractivity contribution is 5.96. The van der Waals surface area contributed by atoms with Crippen molar-refractivity contribution in [3.63, 3.8) is 0 Å². The lowest BCUT2D eigenvalue weighted by Crippen LogP contribution is -2.56. The number of para-hydroxylation sites is 1. The van der Waals surface area contributed by atoms with E-state index in [1.165, 1.54) is 0 Å². The van der Waals surface area contributed by atoms with Gasteiger partial charge >= 0.3 is 0 Å². The number of benzene rings is 2. The van der Waals surface area contributed by atoms with Crippen molar-refractivity contribution in [1.82, 2.24) is 10.2 Å². The number of hydrogen-bond acceptors (Lipinski definition) is 5. The van der Waals surface area contributed by atoms with Crippen LogP contribution in [0.25, 0.3) is 0 Å². The van der Waals surface area contributed by atoms with Crippen LogP contribution >= 0.6 is 0 Å². The van der Waals surface area contributed by atoms with Crippen LogP contribution in [0.1, 0.15) is 42.7 Å². The summed E-state index contributed by atoms with van der Waals surface area (Å²) in [5.41, 5.74) is 2.27. The predicted octanol–water partition coefficient (Wildman–Crippen LogP) is 2.53. The molecule has 3 N–H and O–H groups in total. The summed E-state index contributed by atoms with van der Waals surface area (Å²) >= 11 is 0. The molecule has 2 aromatic carbocycles. The number of nitrogens with zero attached hydrogens (tertiary/aromatic N) is 1. The molecule has 7 heteroatoms. The van der Waals surface area contributed by atoms with Gasteiger partial charge in [0.2, 0.25) is 11.8 Å². The summed E-state index contributed by atoms with van der Waals surface area (Å²) in [6, 6.07) is 16.5. The summed E-state index contributed by atoms with van der Waals surface area (Å²) < 4.78 is 6.19. The minimum Gasteiger partial charge on any atom is -0.486 e. The Labute approximate surface area is 205 Å². The van der Waals surface area contributed by atoms with Crippen LogP contribution in [0.2, 0.25) is 0 Å². The van der Waals surface area contributed by atoms with Crippen molar-refractivity contribution < 1.29 is 24.5 Å². The summed E-state index contributed by atoms with van der Waals surface area (Å²) in [5.74, 6) is -0.198. The van der Waals surface area contributed by atoms with Crippen molar-refractivity contribution in [2.45, 2.75) is 56.4 Å². The van der Waals surface area contributed by atoms with Crippen molar-refractivity contribution in [3.8, 4) is 5.75 Å². The summed E-state index contributed by atoms with van der Waals surface area (Å²) in [4.78, 5) is 28.7. The lowest BCUT2D eigenvalue weighted by molar-refractivity contribution is -0.142. The first-order chi connectivity index (χ1) is 17.1. The Kier molecular flexibility index (Phi) is 6.88. The number of ether oxygens (including phenoxy) is 1. The van der Waals surface area contributed by atoms with E-state index in [4.69, 9.17) is 4.74 Å². The van der Waals surface area contributed by atoms with E-state index in [0.717, 1.165) is 36.8 Å². The van der Waals surface area contributed by atoms with E-state index in [0.29, 0.717) is 17.9 Å². The number of aliphatic hydroxyl groups excluding tert-OH is 2. The Balaban J connectivity index is 1.55. The maximum Gasteiger partial charge on any atom is 0.247 e. The normalized spacial score (nSPS) is 25.3. The standard InChI is InChI=1S/C28H32N2O5/c31-15-14-29-27(33)21-16-22(25(32)26-24(21)20-12-6-7-13-23(20)35-26)30(17-18-8-2-1-3-9-18)28(34)19-10-4-5-11-19/h1-3,6-9,12-13,16,19,22,24-26,31-32H,4-5,10-11,14-15,17H2,(H,29,33)/t22-,24+,25+,26+/m1/s1. The van der Waals surface area contributed by atoms with Crippen LogP contribution in [0, 0.1) is 5.92 Å². The summed E-state index contributed by atoms with van der Waals surface area (Å²) in [5, 5.41) is 23.6. The Bertz CT molecular complexity index is 1100. The van der Waals surface area contributed by atoms with Crippen LogP contribution in [0.15, 0.2) is 66.2 Å². The molecule has 0 saturated heterocycles. The number of amides is 2. The second kappa shape index (κ2) is 10.2. The van der Waals surface area contributed by atoms with Gasteiger partial charge < -0.3 is 25.2 Å². The second-order valence-corrected chi connectivity index (χ2v) is 9.61. The molecule has 5 rings (SSSR count). The van der Waals surface area contributed by atoms with Crippen molar-refractivity contribution in [1.29, 1.82) is 0 Å². The number of aliphatic hydroxyl groups is 2. The molecule has 0 radical (unpaired) electrons. The van der Waals surface area contributed by atoms with E-state index in [1.807, 2.05) is 54.6 Å². The minimum absolute atomic E-state index is 0.00994. The van der Waals surface area contributed by atoms with E-state index in [2.05, 4.69) is 5.32 Å². The smallest absolute Gasteiger partial charge is 0.247 e. The Morgan fingerprint density at radius 1 is 1.03 bits per heavy atom. The van der Waals surface area contributed by atoms with Gasteiger partial charge in [0.1, 0.15) is 18.0 Å². The Hall–Kier alpha value is -3.16. The molecule has 1 aliphatic heterocycles. The SMILES string of the molecule is O=C(NCCO)C1=C[C@@H](N(Cc2ccccc2)C(=O)C2CCCC2)[C@H](O)[C@H]2Oc3ccccc3[C@@H]12. The van der Waals surface area contributed by atoms with E-state index >= 15 is 0 Å². The molecule has 3 aliphatic rings. The third-order valence-electron chi connectivity index (χ3n) is 7.42. The summed E-state index contributed by atoms with van der Waals surface area (Å²) in [6.07, 6.45) is 3.79. The van der Waals surface area contributed by atoms with E-state index < -0.39 is 24.2 Å². The zero-order chi connectivity index (χ0) is 24.4. The highest BCUT2D eigenvalue weighted by Crippen LogP contribution is 2.47. The van der Waals surface area contributed by atoms with Crippen LogP contribution in [-0.2, 0) is 16.1 Å². The maximum absolute atomic E-state index is 13.8. The molecule has 2 amide bonds. The summed E-state index contributed by atoms with van der Waals surface area (Å²) in [7, 11) is 0. The Morgan fingerprint density at radius 3 is 2.49 bits per heavy atom. The zero-order valence-corrected chi connectivity index (χ0v) is 19.7. The maximum atomic E-state index is 13.8. The fraction of sp³-hybridized carbons (Fsp3) is 0.429. The lowest BCUT2D eigenvalue weighted by atomic mass is 9.77. The molecule has 0 bridgehead atoms. The van der Waals surface area contributed by atoms with Gasteiger partial charge in [-0.15, -0.1) is 0 Å². The number of hydrogen-bond donors (Lipinski definition) is 3. The quantitative estimate of drug-likeness (QED) is 0.571. The molecule has 0 aromatic heterocycles. The van der Waals surface area contributed by atoms with Crippen LogP contribution in [-0.4, -0.2) is 58.3 Å². The van der Waals surface area contributed by atoms with Crippen molar-refractivity contribution in [3.05, 3.63) is 77.4 Å². The molecule has 4 atom stereocenters.